The summed E-state index contributed by atoms with van der Waals surface area (Å²) in [6.07, 6.45) is 5.32. The monoisotopic (exact) mass is 287 g/mol. The van der Waals surface area contributed by atoms with Gasteiger partial charge in [-0.2, -0.15) is 0 Å². The predicted octanol–water partition coefficient (Wildman–Crippen LogP) is 1.96. The molecule has 0 atom stereocenters. The van der Waals surface area contributed by atoms with Gasteiger partial charge in [-0.25, -0.2) is 4.98 Å². The Morgan fingerprint density at radius 3 is 2.95 bits per heavy atom. The van der Waals surface area contributed by atoms with Crippen molar-refractivity contribution in [3.63, 3.8) is 0 Å². The summed E-state index contributed by atoms with van der Waals surface area (Å²) >= 11 is 1.32. The molecule has 0 aliphatic heterocycles. The second-order valence-corrected chi connectivity index (χ2v) is 4.52. The molecule has 0 aliphatic carbocycles. The van der Waals surface area contributed by atoms with Crippen LogP contribution in [0.4, 0.5) is 5.69 Å². The van der Waals surface area contributed by atoms with Crippen molar-refractivity contribution in [3.8, 4) is 12.3 Å². The molecule has 1 aromatic carbocycles. The Kier molecular flexibility index (Phi) is 4.08. The third-order valence-corrected chi connectivity index (χ3v) is 3.15. The summed E-state index contributed by atoms with van der Waals surface area (Å²) in [4.78, 5) is 25.8. The molecule has 0 aliphatic rings. The number of nitro benzene ring substituents is 1. The van der Waals surface area contributed by atoms with E-state index in [9.17, 15) is 14.9 Å². The van der Waals surface area contributed by atoms with Crippen molar-refractivity contribution in [2.75, 3.05) is 0 Å². The highest BCUT2D eigenvalue weighted by atomic mass is 32.1. The number of thiazole rings is 1. The van der Waals surface area contributed by atoms with Crippen LogP contribution in [0.5, 0.6) is 0 Å². The molecule has 0 saturated carbocycles. The zero-order valence-corrected chi connectivity index (χ0v) is 11.0. The van der Waals surface area contributed by atoms with E-state index >= 15 is 0 Å². The molecule has 1 aromatic heterocycles. The number of non-ortho nitro benzene ring substituents is 1. The fourth-order valence-electron chi connectivity index (χ4n) is 1.56. The topological polar surface area (TPSA) is 85.1 Å². The van der Waals surface area contributed by atoms with Gasteiger partial charge >= 0.3 is 0 Å². The van der Waals surface area contributed by atoms with E-state index in [1.165, 1.54) is 29.5 Å². The molecule has 6 nitrogen and oxygen atoms in total. The van der Waals surface area contributed by atoms with Crippen molar-refractivity contribution in [3.05, 3.63) is 56.0 Å². The fraction of sp³-hybridized carbons (Fsp3) is 0.0769. The summed E-state index contributed by atoms with van der Waals surface area (Å²) in [6, 6.07) is 4.20. The zero-order chi connectivity index (χ0) is 14.5. The lowest BCUT2D eigenvalue weighted by Gasteiger charge is -2.06. The highest BCUT2D eigenvalue weighted by Crippen LogP contribution is 2.17. The normalized spacial score (nSPS) is 9.75. The summed E-state index contributed by atoms with van der Waals surface area (Å²) in [5.41, 5.74) is 2.85. The summed E-state index contributed by atoms with van der Waals surface area (Å²) in [6.45, 7) is 0.188. The van der Waals surface area contributed by atoms with Gasteiger partial charge in [0.2, 0.25) is 0 Å². The molecule has 1 amide bonds. The van der Waals surface area contributed by atoms with Crippen LogP contribution in [0.15, 0.2) is 29.1 Å². The molecular formula is C13H9N3O3S. The van der Waals surface area contributed by atoms with Gasteiger partial charge in [0.05, 0.1) is 10.4 Å². The molecule has 0 bridgehead atoms. The van der Waals surface area contributed by atoms with Gasteiger partial charge in [0.15, 0.2) is 0 Å². The average Bonchev–Trinajstić information content (AvgIpc) is 2.98. The van der Waals surface area contributed by atoms with Gasteiger partial charge in [-0.15, -0.1) is 17.8 Å². The molecular weight excluding hydrogens is 278 g/mol. The van der Waals surface area contributed by atoms with Crippen LogP contribution in [0.25, 0.3) is 0 Å². The Morgan fingerprint density at radius 2 is 2.35 bits per heavy atom. The van der Waals surface area contributed by atoms with Crippen LogP contribution in [-0.4, -0.2) is 15.8 Å². The van der Waals surface area contributed by atoms with Crippen molar-refractivity contribution >= 4 is 22.9 Å². The molecule has 0 radical (unpaired) electrons. The van der Waals surface area contributed by atoms with E-state index in [0.29, 0.717) is 16.8 Å². The quantitative estimate of drug-likeness (QED) is 0.529. The molecule has 7 heteroatoms. The molecule has 0 unspecified atom stereocenters. The van der Waals surface area contributed by atoms with Gasteiger partial charge in [0, 0.05) is 29.6 Å². The molecule has 100 valence electrons. The van der Waals surface area contributed by atoms with Gasteiger partial charge in [-0.3, -0.25) is 14.9 Å². The summed E-state index contributed by atoms with van der Waals surface area (Å²) in [5.74, 6) is 2.07. The van der Waals surface area contributed by atoms with E-state index in [2.05, 4.69) is 16.2 Å². The molecule has 0 saturated heterocycles. The highest BCUT2D eigenvalue weighted by molar-refractivity contribution is 7.07. The highest BCUT2D eigenvalue weighted by Gasteiger charge is 2.11. The van der Waals surface area contributed by atoms with Gasteiger partial charge < -0.3 is 5.32 Å². The Labute approximate surface area is 118 Å². The smallest absolute Gasteiger partial charge is 0.271 e. The maximum absolute atomic E-state index is 11.7. The minimum absolute atomic E-state index is 0.0764. The largest absolute Gasteiger partial charge is 0.347 e. The molecule has 0 spiro atoms. The number of nitrogens with one attached hydrogen (secondary N) is 1. The first kappa shape index (κ1) is 13.7. The zero-order valence-electron chi connectivity index (χ0n) is 10.2. The average molecular weight is 287 g/mol. The third-order valence-electron chi connectivity index (χ3n) is 2.56. The number of hydrogen-bond acceptors (Lipinski definition) is 5. The van der Waals surface area contributed by atoms with Gasteiger partial charge in [0.25, 0.3) is 11.6 Å². The predicted molar refractivity (Wildman–Crippen MR) is 74.3 cm³/mol. The number of carbonyl (C=O) groups is 1. The second kappa shape index (κ2) is 5.95. The number of carbonyl (C=O) groups excluding carboxylic acids is 1. The van der Waals surface area contributed by atoms with E-state index in [-0.39, 0.29) is 18.1 Å². The molecule has 0 fully saturated rings. The number of aromatic nitrogens is 1. The number of terminal acetylenes is 1. The maximum Gasteiger partial charge on any atom is 0.271 e. The Bertz CT molecular complexity index is 689. The summed E-state index contributed by atoms with van der Waals surface area (Å²) in [5, 5.41) is 15.0. The van der Waals surface area contributed by atoms with Crippen LogP contribution in [0.1, 0.15) is 21.6 Å². The van der Waals surface area contributed by atoms with Gasteiger partial charge in [0.1, 0.15) is 5.69 Å². The van der Waals surface area contributed by atoms with Crippen LogP contribution in [0, 0.1) is 22.5 Å². The summed E-state index contributed by atoms with van der Waals surface area (Å²) in [7, 11) is 0. The van der Waals surface area contributed by atoms with E-state index < -0.39 is 4.92 Å². The van der Waals surface area contributed by atoms with Crippen LogP contribution in [-0.2, 0) is 6.54 Å². The lowest BCUT2D eigenvalue weighted by molar-refractivity contribution is -0.384. The third kappa shape index (κ3) is 2.99. The number of amides is 1. The first-order valence-electron chi connectivity index (χ1n) is 5.52. The van der Waals surface area contributed by atoms with E-state index in [1.54, 1.807) is 10.9 Å². The molecule has 2 aromatic rings. The number of nitro groups is 1. The molecule has 1 N–H and O–H groups in total. The minimum atomic E-state index is -0.515. The van der Waals surface area contributed by atoms with Crippen molar-refractivity contribution < 1.29 is 9.72 Å². The number of hydrogen-bond donors (Lipinski definition) is 1. The number of rotatable bonds is 4. The lowest BCUT2D eigenvalue weighted by atomic mass is 10.1. The SMILES string of the molecule is C#Cc1cc([N+](=O)[O-])ccc1CNC(=O)c1cscn1. The maximum atomic E-state index is 11.7. The number of nitrogens with zero attached hydrogens (tertiary/aromatic N) is 2. The van der Waals surface area contributed by atoms with Crippen LogP contribution >= 0.6 is 11.3 Å². The fourth-order valence-corrected chi connectivity index (χ4v) is 2.09. The summed E-state index contributed by atoms with van der Waals surface area (Å²) < 4.78 is 0. The lowest BCUT2D eigenvalue weighted by Crippen LogP contribution is -2.23. The van der Waals surface area contributed by atoms with Crippen molar-refractivity contribution in [2.24, 2.45) is 0 Å². The van der Waals surface area contributed by atoms with E-state index in [4.69, 9.17) is 6.42 Å². The first-order valence-corrected chi connectivity index (χ1v) is 6.46. The Balaban J connectivity index is 2.12. The second-order valence-electron chi connectivity index (χ2n) is 3.80. The van der Waals surface area contributed by atoms with Crippen LogP contribution in [0.2, 0.25) is 0 Å². The van der Waals surface area contributed by atoms with Crippen molar-refractivity contribution in [1.29, 1.82) is 0 Å². The van der Waals surface area contributed by atoms with E-state index in [1.807, 2.05) is 0 Å². The van der Waals surface area contributed by atoms with Crippen LogP contribution < -0.4 is 5.32 Å². The number of benzene rings is 1. The molecule has 1 heterocycles. The van der Waals surface area contributed by atoms with Crippen LogP contribution in [0.3, 0.4) is 0 Å². The Hall–Kier alpha value is -2.72. The van der Waals surface area contributed by atoms with Crippen molar-refractivity contribution in [2.45, 2.75) is 6.54 Å². The standard InChI is InChI=1S/C13H9N3O3S/c1-2-9-5-11(16(18)19)4-3-10(9)6-14-13(17)12-7-20-8-15-12/h1,3-5,7-8H,6H2,(H,14,17). The molecule has 20 heavy (non-hydrogen) atoms. The van der Waals surface area contributed by atoms with Crippen molar-refractivity contribution in [1.82, 2.24) is 10.3 Å². The first-order chi connectivity index (χ1) is 9.61. The molecule has 2 rings (SSSR count). The minimum Gasteiger partial charge on any atom is -0.347 e. The van der Waals surface area contributed by atoms with Gasteiger partial charge in [-0.1, -0.05) is 5.92 Å². The Morgan fingerprint density at radius 1 is 1.55 bits per heavy atom. The van der Waals surface area contributed by atoms with E-state index in [0.717, 1.165) is 0 Å². The van der Waals surface area contributed by atoms with Gasteiger partial charge in [-0.05, 0) is 11.6 Å².